The van der Waals surface area contributed by atoms with E-state index in [1.165, 1.54) is 0 Å². The van der Waals surface area contributed by atoms with Crippen LogP contribution >= 0.6 is 0 Å². The molecule has 1 aliphatic heterocycles. The van der Waals surface area contributed by atoms with Crippen LogP contribution in [0.15, 0.2) is 24.3 Å². The Balaban J connectivity index is 2.12. The predicted octanol–water partition coefficient (Wildman–Crippen LogP) is 1.32. The number of benzene rings is 1. The summed E-state index contributed by atoms with van der Waals surface area (Å²) < 4.78 is 29.5. The van der Waals surface area contributed by atoms with E-state index in [9.17, 15) is 8.42 Å². The summed E-state index contributed by atoms with van der Waals surface area (Å²) in [6, 6.07) is 7.68. The summed E-state index contributed by atoms with van der Waals surface area (Å²) in [6.07, 6.45) is 1.30. The van der Waals surface area contributed by atoms with E-state index in [2.05, 4.69) is 0 Å². The third kappa shape index (κ3) is 3.23. The molecule has 0 bridgehead atoms. The van der Waals surface area contributed by atoms with Gasteiger partial charge in [0.15, 0.2) is 9.84 Å². The van der Waals surface area contributed by atoms with Crippen LogP contribution in [-0.2, 0) is 9.84 Å². The lowest BCUT2D eigenvalue weighted by Crippen LogP contribution is -2.23. The first kappa shape index (κ1) is 13.4. The molecule has 5 heteroatoms. The third-order valence-corrected chi connectivity index (χ3v) is 5.02. The van der Waals surface area contributed by atoms with Gasteiger partial charge in [0.25, 0.3) is 0 Å². The Morgan fingerprint density at radius 3 is 2.89 bits per heavy atom. The first-order valence-corrected chi connectivity index (χ1v) is 8.07. The molecule has 0 amide bonds. The van der Waals surface area contributed by atoms with E-state index in [0.29, 0.717) is 19.6 Å². The van der Waals surface area contributed by atoms with E-state index in [0.717, 1.165) is 17.7 Å². The van der Waals surface area contributed by atoms with Crippen molar-refractivity contribution in [2.24, 2.45) is 5.73 Å². The maximum Gasteiger partial charge on any atom is 0.150 e. The second-order valence-corrected chi connectivity index (χ2v) is 6.86. The Labute approximate surface area is 108 Å². The number of hydrogen-bond donors (Lipinski definition) is 1. The standard InChI is InChI=1S/C13H19NO3S/c14-7-3-9-18(15,16)10-11-6-8-17-13-5-2-1-4-12(11)13/h1-2,4-5,11H,3,6-10,14H2. The molecule has 1 atom stereocenters. The number of nitrogens with two attached hydrogens (primary N) is 1. The van der Waals surface area contributed by atoms with Crippen molar-refractivity contribution >= 4 is 9.84 Å². The molecule has 0 saturated heterocycles. The fraction of sp³-hybridized carbons (Fsp3) is 0.538. The second kappa shape index (κ2) is 5.71. The van der Waals surface area contributed by atoms with Gasteiger partial charge in [-0.05, 0) is 31.0 Å². The highest BCUT2D eigenvalue weighted by atomic mass is 32.2. The molecule has 1 heterocycles. The average molecular weight is 269 g/mol. The zero-order valence-corrected chi connectivity index (χ0v) is 11.2. The van der Waals surface area contributed by atoms with Gasteiger partial charge in [-0.2, -0.15) is 0 Å². The summed E-state index contributed by atoms with van der Waals surface area (Å²) in [5.41, 5.74) is 6.37. The van der Waals surface area contributed by atoms with Crippen LogP contribution in [0.4, 0.5) is 0 Å². The lowest BCUT2D eigenvalue weighted by atomic mass is 9.95. The Kier molecular flexibility index (Phi) is 4.24. The molecule has 4 nitrogen and oxygen atoms in total. The number of ether oxygens (including phenoxy) is 1. The Morgan fingerprint density at radius 2 is 2.11 bits per heavy atom. The van der Waals surface area contributed by atoms with E-state index in [4.69, 9.17) is 10.5 Å². The highest BCUT2D eigenvalue weighted by Crippen LogP contribution is 2.34. The molecular formula is C13H19NO3S. The summed E-state index contributed by atoms with van der Waals surface area (Å²) in [5.74, 6) is 1.26. The highest BCUT2D eigenvalue weighted by Gasteiger charge is 2.25. The van der Waals surface area contributed by atoms with Gasteiger partial charge in [0.05, 0.1) is 18.1 Å². The Hall–Kier alpha value is -1.07. The summed E-state index contributed by atoms with van der Waals surface area (Å²) in [4.78, 5) is 0. The van der Waals surface area contributed by atoms with Crippen LogP contribution in [0.25, 0.3) is 0 Å². The first-order chi connectivity index (χ1) is 8.62. The van der Waals surface area contributed by atoms with Gasteiger partial charge >= 0.3 is 0 Å². The van der Waals surface area contributed by atoms with E-state index in [-0.39, 0.29) is 17.4 Å². The zero-order chi connectivity index (χ0) is 13.0. The molecule has 0 aromatic heterocycles. The van der Waals surface area contributed by atoms with Crippen LogP contribution in [0.5, 0.6) is 5.75 Å². The van der Waals surface area contributed by atoms with Crippen molar-refractivity contribution in [3.8, 4) is 5.75 Å². The summed E-state index contributed by atoms with van der Waals surface area (Å²) in [7, 11) is -3.02. The van der Waals surface area contributed by atoms with Crippen LogP contribution < -0.4 is 10.5 Å². The van der Waals surface area contributed by atoms with E-state index in [1.54, 1.807) is 0 Å². The van der Waals surface area contributed by atoms with Crippen molar-refractivity contribution in [1.29, 1.82) is 0 Å². The molecule has 0 spiro atoms. The fourth-order valence-corrected chi connectivity index (χ4v) is 4.01. The minimum Gasteiger partial charge on any atom is -0.493 e. The van der Waals surface area contributed by atoms with Gasteiger partial charge in [-0.1, -0.05) is 18.2 Å². The van der Waals surface area contributed by atoms with E-state index in [1.807, 2.05) is 24.3 Å². The molecule has 18 heavy (non-hydrogen) atoms. The molecule has 2 N–H and O–H groups in total. The topological polar surface area (TPSA) is 69.4 Å². The fourth-order valence-electron chi connectivity index (χ4n) is 2.28. The number of sulfone groups is 1. The molecule has 2 rings (SSSR count). The summed E-state index contributed by atoms with van der Waals surface area (Å²) in [6.45, 7) is 1.01. The summed E-state index contributed by atoms with van der Waals surface area (Å²) in [5, 5.41) is 0. The van der Waals surface area contributed by atoms with Crippen LogP contribution in [0.3, 0.4) is 0 Å². The molecule has 100 valence electrons. The van der Waals surface area contributed by atoms with Crippen molar-refractivity contribution in [2.75, 3.05) is 24.7 Å². The average Bonchev–Trinajstić information content (AvgIpc) is 2.37. The Bertz CT molecular complexity index is 499. The van der Waals surface area contributed by atoms with Gasteiger partial charge in [0.1, 0.15) is 5.75 Å². The quantitative estimate of drug-likeness (QED) is 0.875. The van der Waals surface area contributed by atoms with Crippen LogP contribution in [-0.4, -0.2) is 33.1 Å². The minimum atomic E-state index is -3.02. The number of para-hydroxylation sites is 1. The number of rotatable bonds is 5. The smallest absolute Gasteiger partial charge is 0.150 e. The lowest BCUT2D eigenvalue weighted by molar-refractivity contribution is 0.272. The van der Waals surface area contributed by atoms with Gasteiger partial charge < -0.3 is 10.5 Å². The maximum absolute atomic E-state index is 12.0. The SMILES string of the molecule is NCCCS(=O)(=O)CC1CCOc2ccccc21. The van der Waals surface area contributed by atoms with Crippen molar-refractivity contribution in [3.05, 3.63) is 29.8 Å². The van der Waals surface area contributed by atoms with Gasteiger partial charge in [-0.25, -0.2) is 8.42 Å². The van der Waals surface area contributed by atoms with Crippen molar-refractivity contribution in [1.82, 2.24) is 0 Å². The minimum absolute atomic E-state index is 0.0534. The van der Waals surface area contributed by atoms with Crippen molar-refractivity contribution < 1.29 is 13.2 Å². The van der Waals surface area contributed by atoms with Crippen LogP contribution in [0, 0.1) is 0 Å². The molecule has 0 fully saturated rings. The Morgan fingerprint density at radius 1 is 1.33 bits per heavy atom. The maximum atomic E-state index is 12.0. The molecule has 0 radical (unpaired) electrons. The van der Waals surface area contributed by atoms with Crippen LogP contribution in [0.2, 0.25) is 0 Å². The normalized spacial score (nSPS) is 19.1. The van der Waals surface area contributed by atoms with E-state index >= 15 is 0 Å². The van der Waals surface area contributed by atoms with Gasteiger partial charge in [0, 0.05) is 5.92 Å². The largest absolute Gasteiger partial charge is 0.493 e. The predicted molar refractivity (Wildman–Crippen MR) is 71.6 cm³/mol. The second-order valence-electron chi connectivity index (χ2n) is 4.63. The molecule has 1 aromatic carbocycles. The highest BCUT2D eigenvalue weighted by molar-refractivity contribution is 7.91. The third-order valence-electron chi connectivity index (χ3n) is 3.20. The molecule has 0 saturated carbocycles. The molecular weight excluding hydrogens is 250 g/mol. The zero-order valence-electron chi connectivity index (χ0n) is 10.3. The molecule has 1 aliphatic rings. The van der Waals surface area contributed by atoms with Crippen LogP contribution in [0.1, 0.15) is 24.3 Å². The molecule has 0 aliphatic carbocycles. The van der Waals surface area contributed by atoms with E-state index < -0.39 is 9.84 Å². The van der Waals surface area contributed by atoms with Crippen molar-refractivity contribution in [2.45, 2.75) is 18.8 Å². The number of fused-ring (bicyclic) bond motifs is 1. The number of hydrogen-bond acceptors (Lipinski definition) is 4. The molecule has 1 aromatic rings. The lowest BCUT2D eigenvalue weighted by Gasteiger charge is -2.25. The van der Waals surface area contributed by atoms with Crippen molar-refractivity contribution in [3.63, 3.8) is 0 Å². The summed E-state index contributed by atoms with van der Waals surface area (Å²) >= 11 is 0. The monoisotopic (exact) mass is 269 g/mol. The van der Waals surface area contributed by atoms with Gasteiger partial charge in [0.2, 0.25) is 0 Å². The molecule has 1 unspecified atom stereocenters. The first-order valence-electron chi connectivity index (χ1n) is 6.24. The van der Waals surface area contributed by atoms with Gasteiger partial charge in [-0.3, -0.25) is 0 Å². The van der Waals surface area contributed by atoms with Gasteiger partial charge in [-0.15, -0.1) is 0 Å².